The minimum absolute atomic E-state index is 0.158. The number of thioether (sulfide) groups is 1. The number of aromatic nitrogens is 2. The van der Waals surface area contributed by atoms with E-state index >= 15 is 0 Å². The molecule has 33 heavy (non-hydrogen) atoms. The van der Waals surface area contributed by atoms with Gasteiger partial charge in [0.25, 0.3) is 0 Å². The van der Waals surface area contributed by atoms with Gasteiger partial charge in [-0.25, -0.2) is 4.98 Å². The second kappa shape index (κ2) is 9.25. The summed E-state index contributed by atoms with van der Waals surface area (Å²) in [5, 5.41) is 4.10. The summed E-state index contributed by atoms with van der Waals surface area (Å²) < 4.78 is 6.14. The molecule has 0 spiro atoms. The van der Waals surface area contributed by atoms with Gasteiger partial charge in [0.1, 0.15) is 10.8 Å². The number of carbonyl (C=O) groups is 1. The molecule has 4 aromatic rings. The molecular formula is C26H20ClN3O2S. The van der Waals surface area contributed by atoms with Crippen LogP contribution in [-0.4, -0.2) is 21.6 Å². The molecule has 0 fully saturated rings. The lowest BCUT2D eigenvalue weighted by molar-refractivity contribution is -0.113. The van der Waals surface area contributed by atoms with Gasteiger partial charge in [-0.05, 0) is 30.7 Å². The van der Waals surface area contributed by atoms with Gasteiger partial charge in [-0.15, -0.1) is 0 Å². The number of rotatable bonds is 5. The van der Waals surface area contributed by atoms with E-state index in [1.807, 2.05) is 67.6 Å². The van der Waals surface area contributed by atoms with Crippen LogP contribution in [-0.2, 0) is 11.2 Å². The first-order valence-electron chi connectivity index (χ1n) is 10.5. The van der Waals surface area contributed by atoms with E-state index in [1.165, 1.54) is 11.8 Å². The molecule has 164 valence electrons. The van der Waals surface area contributed by atoms with E-state index in [1.54, 1.807) is 12.1 Å². The molecule has 1 aliphatic rings. The normalized spacial score (nSPS) is 11.8. The van der Waals surface area contributed by atoms with E-state index in [9.17, 15) is 4.79 Å². The summed E-state index contributed by atoms with van der Waals surface area (Å²) in [6, 6.07) is 23.1. The fraction of sp³-hybridized carbons (Fsp3) is 0.115. The fourth-order valence-electron chi connectivity index (χ4n) is 3.56. The standard InChI is InChI=1S/C26H20ClN3O2S/c1-16-10-12-17(13-11-16)24-29-25-19(14-18-6-2-5-9-22(18)32-25)26(30-24)33-15-23(31)28-21-8-4-3-7-20(21)27/h2-13H,14-15H2,1H3,(H,28,31). The van der Waals surface area contributed by atoms with Crippen LogP contribution >= 0.6 is 23.4 Å². The number of amides is 1. The second-order valence-electron chi connectivity index (χ2n) is 7.71. The lowest BCUT2D eigenvalue weighted by Crippen LogP contribution is -2.15. The Kier molecular flexibility index (Phi) is 6.03. The highest BCUT2D eigenvalue weighted by Crippen LogP contribution is 2.40. The van der Waals surface area contributed by atoms with Crippen molar-refractivity contribution in [2.45, 2.75) is 18.4 Å². The number of benzene rings is 3. The molecule has 0 unspecified atom stereocenters. The second-order valence-corrected chi connectivity index (χ2v) is 9.08. The zero-order valence-corrected chi connectivity index (χ0v) is 19.4. The van der Waals surface area contributed by atoms with Gasteiger partial charge in [0, 0.05) is 12.0 Å². The molecule has 0 saturated carbocycles. The third-order valence-corrected chi connectivity index (χ3v) is 6.62. The van der Waals surface area contributed by atoms with Crippen LogP contribution in [0.2, 0.25) is 5.02 Å². The fourth-order valence-corrected chi connectivity index (χ4v) is 4.57. The number of nitrogens with zero attached hydrogens (tertiary/aromatic N) is 2. The molecule has 1 N–H and O–H groups in total. The molecule has 1 aromatic heterocycles. The Morgan fingerprint density at radius 2 is 1.79 bits per heavy atom. The van der Waals surface area contributed by atoms with Gasteiger partial charge in [-0.3, -0.25) is 4.79 Å². The third-order valence-electron chi connectivity index (χ3n) is 5.28. The lowest BCUT2D eigenvalue weighted by atomic mass is 10.0. The number of halogens is 1. The average molecular weight is 474 g/mol. The number of hydrogen-bond acceptors (Lipinski definition) is 5. The zero-order valence-electron chi connectivity index (χ0n) is 17.8. The van der Waals surface area contributed by atoms with Crippen LogP contribution < -0.4 is 10.1 Å². The lowest BCUT2D eigenvalue weighted by Gasteiger charge is -2.21. The Balaban J connectivity index is 1.45. The largest absolute Gasteiger partial charge is 0.438 e. The van der Waals surface area contributed by atoms with Crippen molar-refractivity contribution in [1.29, 1.82) is 0 Å². The van der Waals surface area contributed by atoms with Gasteiger partial charge in [-0.2, -0.15) is 4.98 Å². The molecule has 5 nitrogen and oxygen atoms in total. The maximum atomic E-state index is 12.6. The number of aryl methyl sites for hydroxylation is 1. The Hall–Kier alpha value is -3.35. The summed E-state index contributed by atoms with van der Waals surface area (Å²) in [5.41, 5.74) is 4.60. The van der Waals surface area contributed by atoms with E-state index in [0.29, 0.717) is 28.8 Å². The summed E-state index contributed by atoms with van der Waals surface area (Å²) in [6.45, 7) is 2.04. The van der Waals surface area contributed by atoms with Crippen molar-refractivity contribution in [2.75, 3.05) is 11.1 Å². The summed E-state index contributed by atoms with van der Waals surface area (Å²) in [7, 11) is 0. The van der Waals surface area contributed by atoms with E-state index in [-0.39, 0.29) is 11.7 Å². The highest BCUT2D eigenvalue weighted by atomic mass is 35.5. The van der Waals surface area contributed by atoms with E-state index in [2.05, 4.69) is 5.32 Å². The van der Waals surface area contributed by atoms with Crippen molar-refractivity contribution in [3.05, 3.63) is 94.5 Å². The monoisotopic (exact) mass is 473 g/mol. The summed E-state index contributed by atoms with van der Waals surface area (Å²) in [5.74, 6) is 1.93. The van der Waals surface area contributed by atoms with Crippen molar-refractivity contribution < 1.29 is 9.53 Å². The van der Waals surface area contributed by atoms with Crippen LogP contribution in [0.3, 0.4) is 0 Å². The van der Waals surface area contributed by atoms with Crippen molar-refractivity contribution in [3.8, 4) is 23.0 Å². The molecule has 2 heterocycles. The van der Waals surface area contributed by atoms with E-state index in [4.69, 9.17) is 26.3 Å². The van der Waals surface area contributed by atoms with Crippen LogP contribution in [0.25, 0.3) is 11.4 Å². The minimum atomic E-state index is -0.158. The number of fused-ring (bicyclic) bond motifs is 2. The Bertz CT molecular complexity index is 1340. The summed E-state index contributed by atoms with van der Waals surface area (Å²) in [4.78, 5) is 22.2. The van der Waals surface area contributed by atoms with Gasteiger partial charge in [0.15, 0.2) is 5.82 Å². The number of para-hydroxylation sites is 2. The first kappa shape index (κ1) is 21.5. The van der Waals surface area contributed by atoms with E-state index in [0.717, 1.165) is 33.0 Å². The van der Waals surface area contributed by atoms with Crippen molar-refractivity contribution in [1.82, 2.24) is 9.97 Å². The topological polar surface area (TPSA) is 64.1 Å². The summed E-state index contributed by atoms with van der Waals surface area (Å²) in [6.07, 6.45) is 0.647. The molecule has 3 aromatic carbocycles. The van der Waals surface area contributed by atoms with Crippen molar-refractivity contribution >= 4 is 35.0 Å². The van der Waals surface area contributed by atoms with Crippen LogP contribution in [0, 0.1) is 6.92 Å². The van der Waals surface area contributed by atoms with Crippen LogP contribution in [0.15, 0.2) is 77.8 Å². The number of ether oxygens (including phenoxy) is 1. The molecule has 0 aliphatic carbocycles. The predicted molar refractivity (Wildman–Crippen MR) is 132 cm³/mol. The molecule has 7 heteroatoms. The van der Waals surface area contributed by atoms with Crippen LogP contribution in [0.5, 0.6) is 11.6 Å². The minimum Gasteiger partial charge on any atom is -0.438 e. The molecule has 0 radical (unpaired) electrons. The quantitative estimate of drug-likeness (QED) is 0.232. The van der Waals surface area contributed by atoms with Gasteiger partial charge in [-0.1, -0.05) is 83.5 Å². The first-order valence-corrected chi connectivity index (χ1v) is 11.8. The zero-order chi connectivity index (χ0) is 22.8. The third kappa shape index (κ3) is 4.72. The highest BCUT2D eigenvalue weighted by molar-refractivity contribution is 8.00. The molecule has 0 saturated heterocycles. The number of anilines is 1. The molecule has 0 bridgehead atoms. The van der Waals surface area contributed by atoms with Gasteiger partial charge in [0.05, 0.1) is 22.0 Å². The van der Waals surface area contributed by atoms with Crippen LogP contribution in [0.1, 0.15) is 16.7 Å². The van der Waals surface area contributed by atoms with Crippen LogP contribution in [0.4, 0.5) is 5.69 Å². The van der Waals surface area contributed by atoms with Gasteiger partial charge >= 0.3 is 0 Å². The Morgan fingerprint density at radius 3 is 2.61 bits per heavy atom. The highest BCUT2D eigenvalue weighted by Gasteiger charge is 2.24. The molecular weight excluding hydrogens is 454 g/mol. The summed E-state index contributed by atoms with van der Waals surface area (Å²) >= 11 is 7.54. The molecule has 5 rings (SSSR count). The Labute approximate surface area is 201 Å². The first-order chi connectivity index (χ1) is 16.1. The maximum absolute atomic E-state index is 12.6. The predicted octanol–water partition coefficient (Wildman–Crippen LogP) is 6.53. The van der Waals surface area contributed by atoms with Gasteiger partial charge in [0.2, 0.25) is 11.8 Å². The molecule has 1 amide bonds. The van der Waals surface area contributed by atoms with Gasteiger partial charge < -0.3 is 10.1 Å². The molecule has 0 atom stereocenters. The molecule has 1 aliphatic heterocycles. The number of nitrogens with one attached hydrogen (secondary N) is 1. The Morgan fingerprint density at radius 1 is 1.03 bits per heavy atom. The maximum Gasteiger partial charge on any atom is 0.234 e. The number of carbonyl (C=O) groups excluding carboxylic acids is 1. The SMILES string of the molecule is Cc1ccc(-c2nc3c(c(SCC(=O)Nc4ccccc4Cl)n2)Cc2ccccc2O3)cc1. The number of hydrogen-bond donors (Lipinski definition) is 1. The smallest absolute Gasteiger partial charge is 0.234 e. The van der Waals surface area contributed by atoms with E-state index < -0.39 is 0 Å². The average Bonchev–Trinajstić information content (AvgIpc) is 2.83. The van der Waals surface area contributed by atoms with Crippen molar-refractivity contribution in [2.24, 2.45) is 0 Å². The van der Waals surface area contributed by atoms with Crippen molar-refractivity contribution in [3.63, 3.8) is 0 Å².